The van der Waals surface area contributed by atoms with Crippen LogP contribution in [0.25, 0.3) is 0 Å². The number of hydrogen-bond acceptors (Lipinski definition) is 4. The van der Waals surface area contributed by atoms with Gasteiger partial charge in [0, 0.05) is 5.69 Å². The van der Waals surface area contributed by atoms with E-state index in [4.69, 9.17) is 16.3 Å². The number of carbonyl (C=O) groups excluding carboxylic acids is 1. The summed E-state index contributed by atoms with van der Waals surface area (Å²) < 4.78 is 5.41. The molecule has 4 nitrogen and oxygen atoms in total. The summed E-state index contributed by atoms with van der Waals surface area (Å²) in [6, 6.07) is 7.10. The highest BCUT2D eigenvalue weighted by atomic mass is 35.5. The lowest BCUT2D eigenvalue weighted by Crippen LogP contribution is -2.11. The summed E-state index contributed by atoms with van der Waals surface area (Å²) in [5, 5.41) is 2.78. The average Bonchev–Trinajstić information content (AvgIpc) is 2.69. The van der Waals surface area contributed by atoms with E-state index in [1.165, 1.54) is 11.3 Å². The van der Waals surface area contributed by atoms with Gasteiger partial charge < -0.3 is 10.1 Å². The molecular weight excluding hydrogens is 272 g/mol. The molecule has 2 aromatic rings. The minimum Gasteiger partial charge on any atom is -0.497 e. The maximum atomic E-state index is 12.0. The van der Waals surface area contributed by atoms with Crippen molar-refractivity contribution in [2.24, 2.45) is 0 Å². The van der Waals surface area contributed by atoms with Crippen molar-refractivity contribution in [1.29, 1.82) is 0 Å². The molecule has 0 fully saturated rings. The Morgan fingerprint density at radius 3 is 2.56 bits per heavy atom. The van der Waals surface area contributed by atoms with Gasteiger partial charge in [0.1, 0.15) is 10.6 Å². The van der Waals surface area contributed by atoms with Crippen LogP contribution < -0.4 is 10.1 Å². The largest absolute Gasteiger partial charge is 0.497 e. The molecule has 0 aliphatic heterocycles. The number of nitrogens with one attached hydrogen (secondary N) is 1. The lowest BCUT2D eigenvalue weighted by molar-refractivity contribution is 0.103. The lowest BCUT2D eigenvalue weighted by Gasteiger charge is -2.05. The molecule has 0 atom stereocenters. The number of rotatable bonds is 3. The first-order valence-electron chi connectivity index (χ1n) is 5.18. The van der Waals surface area contributed by atoms with Crippen molar-refractivity contribution in [2.45, 2.75) is 6.92 Å². The van der Waals surface area contributed by atoms with Crippen molar-refractivity contribution in [2.75, 3.05) is 12.4 Å². The number of benzene rings is 1. The molecule has 1 aromatic heterocycles. The Kier molecular flexibility index (Phi) is 3.84. The van der Waals surface area contributed by atoms with Crippen LogP contribution in [0.3, 0.4) is 0 Å². The van der Waals surface area contributed by atoms with Gasteiger partial charge in [0.15, 0.2) is 4.47 Å². The van der Waals surface area contributed by atoms with Gasteiger partial charge in [-0.05, 0) is 31.2 Å². The zero-order valence-electron chi connectivity index (χ0n) is 9.86. The fourth-order valence-electron chi connectivity index (χ4n) is 1.44. The van der Waals surface area contributed by atoms with E-state index in [2.05, 4.69) is 10.3 Å². The normalized spacial score (nSPS) is 10.2. The molecule has 0 saturated carbocycles. The quantitative estimate of drug-likeness (QED) is 0.939. The molecule has 94 valence electrons. The number of halogens is 1. The molecule has 6 heteroatoms. The Morgan fingerprint density at radius 2 is 2.06 bits per heavy atom. The van der Waals surface area contributed by atoms with Crippen LogP contribution in [-0.2, 0) is 0 Å². The maximum absolute atomic E-state index is 12.0. The van der Waals surface area contributed by atoms with E-state index >= 15 is 0 Å². The minimum absolute atomic E-state index is 0.206. The highest BCUT2D eigenvalue weighted by Crippen LogP contribution is 2.23. The number of nitrogens with zero attached hydrogens (tertiary/aromatic N) is 1. The number of thiazole rings is 1. The van der Waals surface area contributed by atoms with Gasteiger partial charge in [-0.25, -0.2) is 4.98 Å². The van der Waals surface area contributed by atoms with Crippen LogP contribution in [0, 0.1) is 6.92 Å². The average molecular weight is 283 g/mol. The second kappa shape index (κ2) is 5.37. The van der Waals surface area contributed by atoms with Crippen LogP contribution in [-0.4, -0.2) is 18.0 Å². The van der Waals surface area contributed by atoms with Crippen molar-refractivity contribution in [3.05, 3.63) is 39.3 Å². The van der Waals surface area contributed by atoms with Crippen LogP contribution in [0.15, 0.2) is 24.3 Å². The first-order chi connectivity index (χ1) is 8.60. The number of anilines is 1. The van der Waals surface area contributed by atoms with Gasteiger partial charge in [-0.3, -0.25) is 4.79 Å². The Balaban J connectivity index is 2.13. The summed E-state index contributed by atoms with van der Waals surface area (Å²) >= 11 is 6.93. The number of hydrogen-bond donors (Lipinski definition) is 1. The second-order valence-electron chi connectivity index (χ2n) is 3.56. The fraction of sp³-hybridized carbons (Fsp3) is 0.167. The van der Waals surface area contributed by atoms with E-state index in [-0.39, 0.29) is 5.91 Å². The molecule has 0 unspecified atom stereocenters. The molecule has 2 rings (SSSR count). The highest BCUT2D eigenvalue weighted by Gasteiger charge is 2.14. The smallest absolute Gasteiger partial charge is 0.267 e. The molecule has 0 aliphatic rings. The highest BCUT2D eigenvalue weighted by molar-refractivity contribution is 7.17. The molecule has 0 aliphatic carbocycles. The molecule has 1 aromatic carbocycles. The predicted octanol–water partition coefficient (Wildman–Crippen LogP) is 3.37. The van der Waals surface area contributed by atoms with E-state index in [1.807, 2.05) is 0 Å². The Morgan fingerprint density at radius 1 is 1.39 bits per heavy atom. The summed E-state index contributed by atoms with van der Waals surface area (Å²) in [7, 11) is 1.59. The van der Waals surface area contributed by atoms with Gasteiger partial charge in [0.25, 0.3) is 5.91 Å². The minimum atomic E-state index is -0.206. The van der Waals surface area contributed by atoms with Crippen LogP contribution in [0.1, 0.15) is 15.4 Å². The monoisotopic (exact) mass is 282 g/mol. The third kappa shape index (κ3) is 2.80. The maximum Gasteiger partial charge on any atom is 0.267 e. The van der Waals surface area contributed by atoms with E-state index in [0.29, 0.717) is 20.7 Å². The predicted molar refractivity (Wildman–Crippen MR) is 72.8 cm³/mol. The molecule has 0 bridgehead atoms. The molecule has 1 heterocycles. The second-order valence-corrected chi connectivity index (χ2v) is 5.15. The molecule has 0 saturated heterocycles. The SMILES string of the molecule is COc1ccc(NC(=O)c2sc(Cl)nc2C)cc1. The number of methoxy groups -OCH3 is 1. The Bertz CT molecular complexity index is 566. The summed E-state index contributed by atoms with van der Waals surface area (Å²) in [6.07, 6.45) is 0. The number of carbonyl (C=O) groups is 1. The number of aromatic nitrogens is 1. The van der Waals surface area contributed by atoms with E-state index in [1.54, 1.807) is 38.3 Å². The Labute approximate surface area is 114 Å². The van der Waals surface area contributed by atoms with Gasteiger partial charge in [-0.15, -0.1) is 0 Å². The van der Waals surface area contributed by atoms with Gasteiger partial charge in [0.2, 0.25) is 0 Å². The van der Waals surface area contributed by atoms with Crippen LogP contribution >= 0.6 is 22.9 Å². The molecule has 1 amide bonds. The lowest BCUT2D eigenvalue weighted by atomic mass is 10.3. The molecular formula is C12H11ClN2O2S. The van der Waals surface area contributed by atoms with Gasteiger partial charge in [-0.2, -0.15) is 0 Å². The van der Waals surface area contributed by atoms with Crippen molar-refractivity contribution in [1.82, 2.24) is 4.98 Å². The van der Waals surface area contributed by atoms with Crippen molar-refractivity contribution in [3.63, 3.8) is 0 Å². The summed E-state index contributed by atoms with van der Waals surface area (Å²) in [4.78, 5) is 16.5. The van der Waals surface area contributed by atoms with Crippen molar-refractivity contribution < 1.29 is 9.53 Å². The standard InChI is InChI=1S/C12H11ClN2O2S/c1-7-10(18-12(13)14-7)11(16)15-8-3-5-9(17-2)6-4-8/h3-6H,1-2H3,(H,15,16). The van der Waals surface area contributed by atoms with Crippen molar-refractivity contribution >= 4 is 34.5 Å². The van der Waals surface area contributed by atoms with Gasteiger partial charge in [-0.1, -0.05) is 22.9 Å². The van der Waals surface area contributed by atoms with Gasteiger partial charge in [0.05, 0.1) is 12.8 Å². The summed E-state index contributed by atoms with van der Waals surface area (Å²) in [5.74, 6) is 0.534. The molecule has 0 spiro atoms. The third-order valence-corrected chi connectivity index (χ3v) is 3.59. The van der Waals surface area contributed by atoms with Crippen LogP contribution in [0.4, 0.5) is 5.69 Å². The van der Waals surface area contributed by atoms with Gasteiger partial charge >= 0.3 is 0 Å². The van der Waals surface area contributed by atoms with Crippen LogP contribution in [0.5, 0.6) is 5.75 Å². The number of ether oxygens (including phenoxy) is 1. The Hall–Kier alpha value is -1.59. The first-order valence-corrected chi connectivity index (χ1v) is 6.38. The fourth-order valence-corrected chi connectivity index (χ4v) is 2.48. The summed E-state index contributed by atoms with van der Waals surface area (Å²) in [5.41, 5.74) is 1.33. The zero-order valence-corrected chi connectivity index (χ0v) is 11.4. The van der Waals surface area contributed by atoms with E-state index < -0.39 is 0 Å². The van der Waals surface area contributed by atoms with E-state index in [9.17, 15) is 4.79 Å². The third-order valence-electron chi connectivity index (χ3n) is 2.32. The van der Waals surface area contributed by atoms with Crippen LogP contribution in [0.2, 0.25) is 4.47 Å². The molecule has 1 N–H and O–H groups in total. The van der Waals surface area contributed by atoms with Crippen molar-refractivity contribution in [3.8, 4) is 5.75 Å². The summed E-state index contributed by atoms with van der Waals surface area (Å²) in [6.45, 7) is 1.76. The molecule has 0 radical (unpaired) electrons. The number of aryl methyl sites for hydroxylation is 1. The van der Waals surface area contributed by atoms with E-state index in [0.717, 1.165) is 5.75 Å². The molecule has 18 heavy (non-hydrogen) atoms. The topological polar surface area (TPSA) is 51.2 Å². The zero-order chi connectivity index (χ0) is 13.1. The first kappa shape index (κ1) is 12.9. The number of amides is 1.